The first-order chi connectivity index (χ1) is 31.0. The van der Waals surface area contributed by atoms with Crippen LogP contribution in [0.25, 0.3) is 0 Å². The number of hydrogen-bond donors (Lipinski definition) is 4. The number of ether oxygens (including phenoxy) is 4. The molecule has 6 atom stereocenters. The van der Waals surface area contributed by atoms with Crippen LogP contribution in [0.5, 0.6) is 0 Å². The number of unbranched alkanes of at least 4 members (excludes halogenated alkanes) is 13. The van der Waals surface area contributed by atoms with Gasteiger partial charge in [-0.15, -0.1) is 0 Å². The number of allylic oxidation sites excluding steroid dienone is 14. The van der Waals surface area contributed by atoms with E-state index in [1.807, 2.05) is 0 Å². The third-order valence-electron chi connectivity index (χ3n) is 10.5. The van der Waals surface area contributed by atoms with Gasteiger partial charge in [-0.25, -0.2) is 0 Å². The van der Waals surface area contributed by atoms with E-state index >= 15 is 0 Å². The van der Waals surface area contributed by atoms with Crippen LogP contribution in [0.15, 0.2) is 85.1 Å². The molecule has 13 heteroatoms. The summed E-state index contributed by atoms with van der Waals surface area (Å²) in [5.41, 5.74) is 0. The molecular formula is C51H84O12S. The van der Waals surface area contributed by atoms with Gasteiger partial charge >= 0.3 is 11.9 Å². The Kier molecular flexibility index (Phi) is 36.9. The van der Waals surface area contributed by atoms with Crippen LogP contribution in [0.2, 0.25) is 0 Å². The highest BCUT2D eigenvalue weighted by Crippen LogP contribution is 2.24. The molecule has 0 aliphatic carbocycles. The average molecular weight is 921 g/mol. The molecule has 1 aliphatic rings. The first kappa shape index (κ1) is 58.8. The number of aliphatic hydroxyl groups is 3. The molecule has 0 radical (unpaired) electrons. The minimum atomic E-state index is -4.61. The van der Waals surface area contributed by atoms with Crippen LogP contribution < -0.4 is 0 Å². The van der Waals surface area contributed by atoms with E-state index in [9.17, 15) is 37.9 Å². The molecule has 0 spiro atoms. The summed E-state index contributed by atoms with van der Waals surface area (Å²) in [4.78, 5) is 25.5. The second-order valence-corrected chi connectivity index (χ2v) is 17.9. The molecule has 0 amide bonds. The summed E-state index contributed by atoms with van der Waals surface area (Å²) in [7, 11) is -4.61. The predicted molar refractivity (Wildman–Crippen MR) is 256 cm³/mol. The zero-order valence-corrected chi connectivity index (χ0v) is 39.9. The number of aliphatic hydroxyl groups excluding tert-OH is 3. The molecule has 12 nitrogen and oxygen atoms in total. The maximum absolute atomic E-state index is 12.8. The van der Waals surface area contributed by atoms with Crippen LogP contribution in [0.4, 0.5) is 0 Å². The second kappa shape index (κ2) is 40.1. The zero-order chi connectivity index (χ0) is 46.9. The lowest BCUT2D eigenvalue weighted by molar-refractivity contribution is -0.297. The summed E-state index contributed by atoms with van der Waals surface area (Å²) in [6.07, 6.45) is 43.3. The number of hydrogen-bond acceptors (Lipinski definition) is 11. The van der Waals surface area contributed by atoms with Gasteiger partial charge in [-0.05, 0) is 89.9 Å². The fraction of sp³-hybridized carbons (Fsp3) is 0.686. The lowest BCUT2D eigenvalue weighted by atomic mass is 10.00. The van der Waals surface area contributed by atoms with Crippen LogP contribution in [-0.2, 0) is 38.7 Å². The van der Waals surface area contributed by atoms with E-state index in [0.29, 0.717) is 12.8 Å². The Morgan fingerprint density at radius 1 is 0.547 bits per heavy atom. The van der Waals surface area contributed by atoms with Crippen molar-refractivity contribution in [2.75, 3.05) is 19.0 Å². The minimum Gasteiger partial charge on any atom is -0.462 e. The first-order valence-corrected chi connectivity index (χ1v) is 25.8. The summed E-state index contributed by atoms with van der Waals surface area (Å²) < 4.78 is 54.1. The lowest BCUT2D eigenvalue weighted by Crippen LogP contribution is -2.60. The number of rotatable bonds is 39. The molecule has 1 aliphatic heterocycles. The van der Waals surface area contributed by atoms with Gasteiger partial charge in [-0.1, -0.05) is 150 Å². The number of carbonyl (C=O) groups excluding carboxylic acids is 2. The third kappa shape index (κ3) is 34.2. The van der Waals surface area contributed by atoms with Gasteiger partial charge in [0.1, 0.15) is 36.8 Å². The topological polar surface area (TPSA) is 186 Å². The van der Waals surface area contributed by atoms with E-state index in [4.69, 9.17) is 18.9 Å². The Bertz CT molecular complexity index is 1500. The van der Waals surface area contributed by atoms with Crippen molar-refractivity contribution in [1.82, 2.24) is 0 Å². The largest absolute Gasteiger partial charge is 0.462 e. The van der Waals surface area contributed by atoms with Crippen molar-refractivity contribution in [2.24, 2.45) is 0 Å². The fourth-order valence-corrected chi connectivity index (χ4v) is 7.42. The van der Waals surface area contributed by atoms with Gasteiger partial charge in [0, 0.05) is 12.8 Å². The molecule has 2 unspecified atom stereocenters. The van der Waals surface area contributed by atoms with Crippen molar-refractivity contribution in [3.63, 3.8) is 0 Å². The molecular weight excluding hydrogens is 837 g/mol. The molecule has 1 fully saturated rings. The molecule has 64 heavy (non-hydrogen) atoms. The Balaban J connectivity index is 2.46. The highest BCUT2D eigenvalue weighted by atomic mass is 32.2. The molecule has 1 saturated heterocycles. The van der Waals surface area contributed by atoms with E-state index in [1.165, 1.54) is 38.5 Å². The Labute approximate surface area is 386 Å². The molecule has 366 valence electrons. The van der Waals surface area contributed by atoms with Gasteiger partial charge in [0.25, 0.3) is 10.1 Å². The van der Waals surface area contributed by atoms with Crippen molar-refractivity contribution < 1.29 is 56.8 Å². The summed E-state index contributed by atoms with van der Waals surface area (Å²) in [6.45, 7) is 3.58. The molecule has 1 heterocycles. The van der Waals surface area contributed by atoms with Gasteiger partial charge in [0.15, 0.2) is 12.4 Å². The Morgan fingerprint density at radius 2 is 0.984 bits per heavy atom. The van der Waals surface area contributed by atoms with Crippen LogP contribution in [-0.4, -0.2) is 96.0 Å². The van der Waals surface area contributed by atoms with Crippen LogP contribution in [0.1, 0.15) is 168 Å². The SMILES string of the molecule is CC/C=C/C/C=C/C/C=C/C/C=C/C/C=C/CCCCCC(=O)O[C@H](COC(=O)CCCCCCCCC/C=C/C/C=C/CCCCC)CO[C@H]1O[C@H](CS(=O)(=O)O)[C@@H](O)C(O)C1O. The first-order valence-electron chi connectivity index (χ1n) is 24.1. The predicted octanol–water partition coefficient (Wildman–Crippen LogP) is 10.4. The number of esters is 2. The quantitative estimate of drug-likeness (QED) is 0.0198. The highest BCUT2D eigenvalue weighted by Gasteiger charge is 2.46. The minimum absolute atomic E-state index is 0.119. The normalized spacial score (nSPS) is 20.4. The third-order valence-corrected chi connectivity index (χ3v) is 11.2. The molecule has 1 rings (SSSR count). The maximum Gasteiger partial charge on any atom is 0.306 e. The van der Waals surface area contributed by atoms with E-state index in [-0.39, 0.29) is 19.4 Å². The average Bonchev–Trinajstić information content (AvgIpc) is 3.26. The smallest absolute Gasteiger partial charge is 0.306 e. The summed E-state index contributed by atoms with van der Waals surface area (Å²) in [5.74, 6) is -2.05. The van der Waals surface area contributed by atoms with Gasteiger partial charge in [0.05, 0.1) is 6.61 Å². The van der Waals surface area contributed by atoms with Crippen molar-refractivity contribution in [3.8, 4) is 0 Å². The van der Waals surface area contributed by atoms with Crippen molar-refractivity contribution in [1.29, 1.82) is 0 Å². The molecule has 0 saturated carbocycles. The van der Waals surface area contributed by atoms with E-state index < -0.39 is 71.2 Å². The van der Waals surface area contributed by atoms with E-state index in [0.717, 1.165) is 89.9 Å². The lowest BCUT2D eigenvalue weighted by Gasteiger charge is -2.40. The standard InChI is InChI=1S/C51H84O12S/c1-3-5-7-9-11-13-15-17-19-21-22-24-26-28-30-32-34-36-38-40-47(53)62-44(42-61-51-50(56)49(55)48(54)45(63-51)43-64(57,58)59)41-60-46(52)39-37-35-33-31-29-27-25-23-20-18-16-14-12-10-8-6-4-2/h5,7,11-14,17-20,22,24,28,30,44-45,48-51,54-56H,3-4,6,8-10,15-16,21,23,25-27,29,31-43H2,1-2H3,(H,57,58,59)/b7-5+,13-11+,14-12+,19-17+,20-18+,24-22+,30-28+/t44-,45-,48-,49?,50?,51+/m1/s1. The van der Waals surface area contributed by atoms with Crippen LogP contribution >= 0.6 is 0 Å². The fourth-order valence-electron chi connectivity index (χ4n) is 6.73. The van der Waals surface area contributed by atoms with Crippen molar-refractivity contribution in [2.45, 2.75) is 205 Å². The molecule has 0 bridgehead atoms. The molecule has 0 aromatic heterocycles. The molecule has 0 aromatic rings. The van der Waals surface area contributed by atoms with Gasteiger partial charge < -0.3 is 34.3 Å². The monoisotopic (exact) mass is 921 g/mol. The van der Waals surface area contributed by atoms with Gasteiger partial charge in [-0.3, -0.25) is 14.1 Å². The Hall–Kier alpha value is -3.17. The van der Waals surface area contributed by atoms with Crippen molar-refractivity contribution in [3.05, 3.63) is 85.1 Å². The molecule has 4 N–H and O–H groups in total. The summed E-state index contributed by atoms with van der Waals surface area (Å²) in [6, 6.07) is 0. The maximum atomic E-state index is 12.8. The van der Waals surface area contributed by atoms with E-state index in [1.54, 1.807) is 0 Å². The second-order valence-electron chi connectivity index (χ2n) is 16.4. The van der Waals surface area contributed by atoms with Crippen LogP contribution in [0.3, 0.4) is 0 Å². The number of carbonyl (C=O) groups is 2. The van der Waals surface area contributed by atoms with E-state index in [2.05, 4.69) is 98.9 Å². The van der Waals surface area contributed by atoms with Crippen LogP contribution in [0, 0.1) is 0 Å². The summed E-state index contributed by atoms with van der Waals surface area (Å²) in [5, 5.41) is 30.9. The van der Waals surface area contributed by atoms with Crippen molar-refractivity contribution >= 4 is 22.1 Å². The summed E-state index contributed by atoms with van der Waals surface area (Å²) >= 11 is 0. The zero-order valence-electron chi connectivity index (χ0n) is 39.1. The highest BCUT2D eigenvalue weighted by molar-refractivity contribution is 7.85. The molecule has 0 aromatic carbocycles. The van der Waals surface area contributed by atoms with Gasteiger partial charge in [-0.2, -0.15) is 8.42 Å². The Morgan fingerprint density at radius 3 is 1.48 bits per heavy atom. The van der Waals surface area contributed by atoms with Gasteiger partial charge in [0.2, 0.25) is 0 Å².